The fourth-order valence-corrected chi connectivity index (χ4v) is 9.33. The van der Waals surface area contributed by atoms with Gasteiger partial charge >= 0.3 is 0 Å². The average molecular weight is 670 g/mol. The van der Waals surface area contributed by atoms with Crippen LogP contribution in [0.4, 0.5) is 17.1 Å². The van der Waals surface area contributed by atoms with Gasteiger partial charge in [-0.2, -0.15) is 0 Å². The highest BCUT2D eigenvalue weighted by Crippen LogP contribution is 2.50. The van der Waals surface area contributed by atoms with Crippen LogP contribution >= 0.6 is 11.3 Å². The summed E-state index contributed by atoms with van der Waals surface area (Å²) in [6, 6.07) is 64.9. The first-order valence-corrected chi connectivity index (χ1v) is 18.5. The van der Waals surface area contributed by atoms with Crippen LogP contribution in [0, 0.1) is 0 Å². The summed E-state index contributed by atoms with van der Waals surface area (Å²) in [5.41, 5.74) is 13.8. The second-order valence-electron chi connectivity index (χ2n) is 14.2. The van der Waals surface area contributed by atoms with Crippen LogP contribution in [0.5, 0.6) is 0 Å². The number of rotatable bonds is 5. The van der Waals surface area contributed by atoms with E-state index < -0.39 is 0 Å². The molecule has 0 atom stereocenters. The van der Waals surface area contributed by atoms with E-state index in [0.29, 0.717) is 0 Å². The minimum atomic E-state index is -0.0287. The quantitative estimate of drug-likeness (QED) is 0.176. The summed E-state index contributed by atoms with van der Waals surface area (Å²) in [5, 5.41) is 5.09. The number of benzene rings is 8. The molecule has 51 heavy (non-hydrogen) atoms. The van der Waals surface area contributed by atoms with Crippen molar-refractivity contribution >= 4 is 59.3 Å². The maximum atomic E-state index is 2.41. The van der Waals surface area contributed by atoms with Gasteiger partial charge in [0.25, 0.3) is 0 Å². The first-order chi connectivity index (χ1) is 25.0. The number of fused-ring (bicyclic) bond motifs is 7. The summed E-state index contributed by atoms with van der Waals surface area (Å²) >= 11 is 1.86. The monoisotopic (exact) mass is 669 g/mol. The molecule has 10 rings (SSSR count). The van der Waals surface area contributed by atoms with Crippen LogP contribution in [0.2, 0.25) is 0 Å². The third-order valence-electron chi connectivity index (χ3n) is 10.9. The van der Waals surface area contributed by atoms with E-state index >= 15 is 0 Å². The molecule has 1 aliphatic carbocycles. The van der Waals surface area contributed by atoms with Crippen molar-refractivity contribution in [3.05, 3.63) is 187 Å². The van der Waals surface area contributed by atoms with Crippen molar-refractivity contribution in [2.75, 3.05) is 4.90 Å². The highest BCUT2D eigenvalue weighted by atomic mass is 32.1. The number of hydrogen-bond acceptors (Lipinski definition) is 2. The molecule has 0 saturated heterocycles. The number of hydrogen-bond donors (Lipinski definition) is 0. The lowest BCUT2D eigenvalue weighted by Crippen LogP contribution is -2.14. The SMILES string of the molecule is CC1(C)c2ccccc2-c2ccc(-c3ccc(N(c4cccc(-c5ccc6sc7ccccc7c6c5)c4)c4cccc5ccccc45)cc3)cc21. The summed E-state index contributed by atoms with van der Waals surface area (Å²) in [4.78, 5) is 2.41. The molecule has 0 amide bonds. The maximum absolute atomic E-state index is 2.41. The molecular weight excluding hydrogens is 635 g/mol. The molecule has 1 aliphatic rings. The molecule has 0 radical (unpaired) electrons. The molecule has 242 valence electrons. The Morgan fingerprint density at radius 2 is 1.06 bits per heavy atom. The highest BCUT2D eigenvalue weighted by Gasteiger charge is 2.35. The zero-order valence-electron chi connectivity index (χ0n) is 28.6. The van der Waals surface area contributed by atoms with Gasteiger partial charge < -0.3 is 4.90 Å². The van der Waals surface area contributed by atoms with Gasteiger partial charge in [0, 0.05) is 42.3 Å². The van der Waals surface area contributed by atoms with Crippen molar-refractivity contribution in [2.45, 2.75) is 19.3 Å². The predicted molar refractivity (Wildman–Crippen MR) is 220 cm³/mol. The Balaban J connectivity index is 1.08. The third-order valence-corrected chi connectivity index (χ3v) is 12.0. The van der Waals surface area contributed by atoms with Crippen LogP contribution in [-0.2, 0) is 5.41 Å². The molecule has 0 unspecified atom stereocenters. The van der Waals surface area contributed by atoms with Crippen LogP contribution in [0.1, 0.15) is 25.0 Å². The zero-order valence-corrected chi connectivity index (χ0v) is 29.4. The van der Waals surface area contributed by atoms with Crippen LogP contribution in [0.25, 0.3) is 64.3 Å². The Morgan fingerprint density at radius 1 is 0.412 bits per heavy atom. The Labute approximate surface area is 302 Å². The van der Waals surface area contributed by atoms with Gasteiger partial charge in [-0.05, 0) is 104 Å². The van der Waals surface area contributed by atoms with Gasteiger partial charge in [-0.3, -0.25) is 0 Å². The van der Waals surface area contributed by atoms with Crippen molar-refractivity contribution in [3.63, 3.8) is 0 Å². The Bertz CT molecular complexity index is 2780. The summed E-state index contributed by atoms with van der Waals surface area (Å²) in [6.07, 6.45) is 0. The Morgan fingerprint density at radius 3 is 1.96 bits per heavy atom. The van der Waals surface area contributed by atoms with Gasteiger partial charge in [0.1, 0.15) is 0 Å². The lowest BCUT2D eigenvalue weighted by atomic mass is 9.81. The van der Waals surface area contributed by atoms with Gasteiger partial charge in [-0.1, -0.05) is 135 Å². The third kappa shape index (κ3) is 4.82. The molecule has 0 bridgehead atoms. The molecule has 1 heterocycles. The molecule has 0 saturated carbocycles. The molecular formula is C49H35NS. The van der Waals surface area contributed by atoms with Gasteiger partial charge in [-0.15, -0.1) is 11.3 Å². The molecule has 0 aliphatic heterocycles. The standard InChI is InChI=1S/C49H35NS/c1-49(2)44-18-7-5-16-40(44)41-27-23-36(31-45(41)49)32-21-25-37(26-22-32)50(46-19-10-12-33-11-3-4-15-39(33)46)38-14-9-13-34(29-38)35-24-28-48-43(30-35)42-17-6-8-20-47(42)51-48/h3-31H,1-2H3. The van der Waals surface area contributed by atoms with Crippen LogP contribution < -0.4 is 4.90 Å². The van der Waals surface area contributed by atoms with Crippen molar-refractivity contribution in [1.82, 2.24) is 0 Å². The average Bonchev–Trinajstić information content (AvgIpc) is 3.67. The summed E-state index contributed by atoms with van der Waals surface area (Å²) in [7, 11) is 0. The van der Waals surface area contributed by atoms with E-state index in [-0.39, 0.29) is 5.41 Å². The lowest BCUT2D eigenvalue weighted by Gasteiger charge is -2.27. The Hall–Kier alpha value is -5.96. The van der Waals surface area contributed by atoms with E-state index in [0.717, 1.165) is 17.1 Å². The number of nitrogens with zero attached hydrogens (tertiary/aromatic N) is 1. The van der Waals surface area contributed by atoms with E-state index in [1.807, 2.05) is 11.3 Å². The largest absolute Gasteiger partial charge is 0.310 e. The lowest BCUT2D eigenvalue weighted by molar-refractivity contribution is 0.660. The van der Waals surface area contributed by atoms with Crippen LogP contribution in [0.15, 0.2) is 176 Å². The molecule has 8 aromatic carbocycles. The van der Waals surface area contributed by atoms with Gasteiger partial charge in [0.15, 0.2) is 0 Å². The summed E-state index contributed by atoms with van der Waals surface area (Å²) in [5.74, 6) is 0. The minimum absolute atomic E-state index is 0.0287. The smallest absolute Gasteiger partial charge is 0.0540 e. The van der Waals surface area contributed by atoms with Gasteiger partial charge in [0.05, 0.1) is 5.69 Å². The summed E-state index contributed by atoms with van der Waals surface area (Å²) < 4.78 is 2.66. The van der Waals surface area contributed by atoms with E-state index in [9.17, 15) is 0 Å². The normalized spacial score (nSPS) is 13.1. The van der Waals surface area contributed by atoms with E-state index in [1.165, 1.54) is 75.5 Å². The number of anilines is 3. The van der Waals surface area contributed by atoms with Crippen molar-refractivity contribution < 1.29 is 0 Å². The molecule has 0 N–H and O–H groups in total. The summed E-state index contributed by atoms with van der Waals surface area (Å²) in [6.45, 7) is 4.70. The molecule has 1 aromatic heterocycles. The second-order valence-corrected chi connectivity index (χ2v) is 15.3. The first-order valence-electron chi connectivity index (χ1n) is 17.7. The number of thiophene rings is 1. The molecule has 1 nitrogen and oxygen atoms in total. The zero-order chi connectivity index (χ0) is 34.1. The van der Waals surface area contributed by atoms with Gasteiger partial charge in [0.2, 0.25) is 0 Å². The topological polar surface area (TPSA) is 3.24 Å². The minimum Gasteiger partial charge on any atom is -0.310 e. The second kappa shape index (κ2) is 11.6. The molecule has 9 aromatic rings. The predicted octanol–water partition coefficient (Wildman–Crippen LogP) is 14.3. The van der Waals surface area contributed by atoms with E-state index in [4.69, 9.17) is 0 Å². The van der Waals surface area contributed by atoms with E-state index in [2.05, 4.69) is 195 Å². The maximum Gasteiger partial charge on any atom is 0.0540 e. The van der Waals surface area contributed by atoms with Crippen LogP contribution in [0.3, 0.4) is 0 Å². The molecule has 2 heteroatoms. The van der Waals surface area contributed by atoms with Crippen molar-refractivity contribution in [2.24, 2.45) is 0 Å². The first kappa shape index (κ1) is 29.9. The van der Waals surface area contributed by atoms with E-state index in [1.54, 1.807) is 0 Å². The molecule has 0 spiro atoms. The van der Waals surface area contributed by atoms with Gasteiger partial charge in [-0.25, -0.2) is 0 Å². The highest BCUT2D eigenvalue weighted by molar-refractivity contribution is 7.25. The fourth-order valence-electron chi connectivity index (χ4n) is 8.25. The fraction of sp³-hybridized carbons (Fsp3) is 0.0612. The van der Waals surface area contributed by atoms with Crippen molar-refractivity contribution in [1.29, 1.82) is 0 Å². The van der Waals surface area contributed by atoms with Crippen LogP contribution in [-0.4, -0.2) is 0 Å². The molecule has 0 fully saturated rings. The van der Waals surface area contributed by atoms with Crippen molar-refractivity contribution in [3.8, 4) is 33.4 Å². The Kier molecular flexibility index (Phi) is 6.78.